The number of anilines is 1. The van der Waals surface area contributed by atoms with Crippen molar-refractivity contribution in [2.24, 2.45) is 0 Å². The van der Waals surface area contributed by atoms with Gasteiger partial charge in [-0.05, 0) is 53.8 Å². The highest BCUT2D eigenvalue weighted by molar-refractivity contribution is 6.33. The van der Waals surface area contributed by atoms with Crippen molar-refractivity contribution < 1.29 is 14.3 Å². The minimum absolute atomic E-state index is 0.297. The number of hydrogen-bond donors (Lipinski definition) is 2. The Kier molecular flexibility index (Phi) is 8.84. The van der Waals surface area contributed by atoms with Crippen molar-refractivity contribution in [3.8, 4) is 11.5 Å². The smallest absolute Gasteiger partial charge is 0.319 e. The summed E-state index contributed by atoms with van der Waals surface area (Å²) >= 11 is 6.21. The standard InChI is InChI=1S/C30H29ClN2O3/c1-22-9-8-14-26(31)29(22)33-30(34)32-18-17-23-15-16-27(35-20-24-10-4-2-5-11-24)28(19-23)36-21-25-12-6-3-7-13-25/h2-16,19H,17-18,20-21H2,1H3,(H2,32,33,34). The van der Waals surface area contributed by atoms with E-state index in [-0.39, 0.29) is 6.03 Å². The predicted octanol–water partition coefficient (Wildman–Crippen LogP) is 7.17. The quantitative estimate of drug-likeness (QED) is 0.242. The van der Waals surface area contributed by atoms with Gasteiger partial charge in [-0.15, -0.1) is 0 Å². The summed E-state index contributed by atoms with van der Waals surface area (Å²) in [6, 6.07) is 31.1. The number of para-hydroxylation sites is 1. The maximum Gasteiger partial charge on any atom is 0.319 e. The van der Waals surface area contributed by atoms with Gasteiger partial charge in [0.15, 0.2) is 11.5 Å². The summed E-state index contributed by atoms with van der Waals surface area (Å²) in [6.45, 7) is 3.24. The number of halogens is 1. The monoisotopic (exact) mass is 500 g/mol. The summed E-state index contributed by atoms with van der Waals surface area (Å²) in [5, 5.41) is 6.23. The Morgan fingerprint density at radius 3 is 2.03 bits per heavy atom. The van der Waals surface area contributed by atoms with Crippen LogP contribution in [-0.4, -0.2) is 12.6 Å². The molecule has 6 heteroatoms. The normalized spacial score (nSPS) is 10.5. The highest BCUT2D eigenvalue weighted by Gasteiger charge is 2.10. The lowest BCUT2D eigenvalue weighted by atomic mass is 10.1. The van der Waals surface area contributed by atoms with E-state index in [0.29, 0.717) is 48.4 Å². The molecule has 4 aromatic carbocycles. The molecule has 2 N–H and O–H groups in total. The number of rotatable bonds is 10. The summed E-state index contributed by atoms with van der Waals surface area (Å²) in [7, 11) is 0. The van der Waals surface area contributed by atoms with Gasteiger partial charge >= 0.3 is 6.03 Å². The summed E-state index contributed by atoms with van der Waals surface area (Å²) in [6.07, 6.45) is 0.635. The zero-order valence-electron chi connectivity index (χ0n) is 20.2. The molecule has 4 aromatic rings. The van der Waals surface area contributed by atoms with Crippen LogP contribution in [0.4, 0.5) is 10.5 Å². The Hall–Kier alpha value is -3.96. The zero-order chi connectivity index (χ0) is 25.2. The first-order valence-corrected chi connectivity index (χ1v) is 12.2. The maximum absolute atomic E-state index is 12.4. The van der Waals surface area contributed by atoms with Crippen LogP contribution in [0.1, 0.15) is 22.3 Å². The van der Waals surface area contributed by atoms with Gasteiger partial charge in [-0.1, -0.05) is 90.5 Å². The number of urea groups is 1. The van der Waals surface area contributed by atoms with Crippen molar-refractivity contribution in [3.63, 3.8) is 0 Å². The topological polar surface area (TPSA) is 59.6 Å². The highest BCUT2D eigenvalue weighted by atomic mass is 35.5. The molecule has 0 aliphatic rings. The number of carbonyl (C=O) groups excluding carboxylic acids is 1. The van der Waals surface area contributed by atoms with Crippen LogP contribution in [0.2, 0.25) is 5.02 Å². The molecular weight excluding hydrogens is 472 g/mol. The fraction of sp³-hybridized carbons (Fsp3) is 0.167. The van der Waals surface area contributed by atoms with E-state index in [9.17, 15) is 4.79 Å². The van der Waals surface area contributed by atoms with E-state index in [1.807, 2.05) is 97.9 Å². The van der Waals surface area contributed by atoms with Crippen LogP contribution in [0.5, 0.6) is 11.5 Å². The lowest BCUT2D eigenvalue weighted by Gasteiger charge is -2.15. The average molecular weight is 501 g/mol. The summed E-state index contributed by atoms with van der Waals surface area (Å²) < 4.78 is 12.2. The number of ether oxygens (including phenoxy) is 2. The van der Waals surface area contributed by atoms with E-state index in [4.69, 9.17) is 21.1 Å². The maximum atomic E-state index is 12.4. The second-order valence-corrected chi connectivity index (χ2v) is 8.80. The number of benzene rings is 4. The van der Waals surface area contributed by atoms with Crippen molar-refractivity contribution in [3.05, 3.63) is 124 Å². The SMILES string of the molecule is Cc1cccc(Cl)c1NC(=O)NCCc1ccc(OCc2ccccc2)c(OCc2ccccc2)c1. The lowest BCUT2D eigenvalue weighted by Crippen LogP contribution is -2.30. The van der Waals surface area contributed by atoms with Gasteiger partial charge < -0.3 is 20.1 Å². The molecule has 184 valence electrons. The summed E-state index contributed by atoms with van der Waals surface area (Å²) in [4.78, 5) is 12.4. The van der Waals surface area contributed by atoms with Crippen molar-refractivity contribution in [1.29, 1.82) is 0 Å². The number of amides is 2. The van der Waals surface area contributed by atoms with E-state index in [1.165, 1.54) is 0 Å². The van der Waals surface area contributed by atoms with Crippen molar-refractivity contribution in [2.45, 2.75) is 26.6 Å². The van der Waals surface area contributed by atoms with Crippen molar-refractivity contribution >= 4 is 23.3 Å². The van der Waals surface area contributed by atoms with Crippen LogP contribution < -0.4 is 20.1 Å². The average Bonchev–Trinajstić information content (AvgIpc) is 2.90. The largest absolute Gasteiger partial charge is 0.485 e. The molecule has 0 heterocycles. The zero-order valence-corrected chi connectivity index (χ0v) is 20.9. The van der Waals surface area contributed by atoms with Gasteiger partial charge in [0.25, 0.3) is 0 Å². The van der Waals surface area contributed by atoms with E-state index >= 15 is 0 Å². The third-order valence-electron chi connectivity index (χ3n) is 5.64. The van der Waals surface area contributed by atoms with Gasteiger partial charge in [-0.3, -0.25) is 0 Å². The third kappa shape index (κ3) is 7.27. The molecule has 2 amide bonds. The highest BCUT2D eigenvalue weighted by Crippen LogP contribution is 2.30. The second kappa shape index (κ2) is 12.7. The van der Waals surface area contributed by atoms with Crippen molar-refractivity contribution in [2.75, 3.05) is 11.9 Å². The molecule has 4 rings (SSSR count). The van der Waals surface area contributed by atoms with Crippen LogP contribution in [0.3, 0.4) is 0 Å². The van der Waals surface area contributed by atoms with E-state index < -0.39 is 0 Å². The van der Waals surface area contributed by atoms with Gasteiger partial charge in [-0.2, -0.15) is 0 Å². The van der Waals surface area contributed by atoms with Crippen LogP contribution in [0.25, 0.3) is 0 Å². The first kappa shape index (κ1) is 25.1. The molecule has 0 saturated heterocycles. The van der Waals surface area contributed by atoms with Gasteiger partial charge in [0.2, 0.25) is 0 Å². The Morgan fingerprint density at radius 1 is 0.750 bits per heavy atom. The molecule has 0 fully saturated rings. The van der Waals surface area contributed by atoms with E-state index in [1.54, 1.807) is 6.07 Å². The van der Waals surface area contributed by atoms with E-state index in [0.717, 1.165) is 22.3 Å². The van der Waals surface area contributed by atoms with Gasteiger partial charge in [0, 0.05) is 6.54 Å². The van der Waals surface area contributed by atoms with Gasteiger partial charge in [-0.25, -0.2) is 4.79 Å². The first-order chi connectivity index (χ1) is 17.6. The second-order valence-electron chi connectivity index (χ2n) is 8.39. The van der Waals surface area contributed by atoms with E-state index in [2.05, 4.69) is 10.6 Å². The van der Waals surface area contributed by atoms with Crippen LogP contribution >= 0.6 is 11.6 Å². The fourth-order valence-corrected chi connectivity index (χ4v) is 3.95. The number of carbonyl (C=O) groups is 1. The molecule has 0 bridgehead atoms. The molecule has 36 heavy (non-hydrogen) atoms. The Morgan fingerprint density at radius 2 is 1.39 bits per heavy atom. The van der Waals surface area contributed by atoms with Crippen LogP contribution in [0.15, 0.2) is 97.1 Å². The molecule has 0 saturated carbocycles. The fourth-order valence-electron chi connectivity index (χ4n) is 3.68. The Bertz CT molecular complexity index is 1260. The number of nitrogens with one attached hydrogen (secondary N) is 2. The Balaban J connectivity index is 1.38. The number of aryl methyl sites for hydroxylation is 1. The minimum Gasteiger partial charge on any atom is -0.485 e. The minimum atomic E-state index is -0.297. The lowest BCUT2D eigenvalue weighted by molar-refractivity contribution is 0.252. The van der Waals surface area contributed by atoms with Crippen LogP contribution in [0, 0.1) is 6.92 Å². The number of hydrogen-bond acceptors (Lipinski definition) is 3. The molecule has 0 unspecified atom stereocenters. The molecule has 0 aliphatic carbocycles. The van der Waals surface area contributed by atoms with Crippen molar-refractivity contribution in [1.82, 2.24) is 5.32 Å². The molecule has 0 aromatic heterocycles. The molecule has 5 nitrogen and oxygen atoms in total. The molecule has 0 radical (unpaired) electrons. The predicted molar refractivity (Wildman–Crippen MR) is 145 cm³/mol. The third-order valence-corrected chi connectivity index (χ3v) is 5.96. The molecule has 0 spiro atoms. The molecule has 0 atom stereocenters. The van der Waals surface area contributed by atoms with Gasteiger partial charge in [0.05, 0.1) is 10.7 Å². The summed E-state index contributed by atoms with van der Waals surface area (Å²) in [5.74, 6) is 1.35. The summed E-state index contributed by atoms with van der Waals surface area (Å²) in [5.41, 5.74) is 4.71. The molecule has 0 aliphatic heterocycles. The Labute approximate surface area is 217 Å². The van der Waals surface area contributed by atoms with Crippen LogP contribution in [-0.2, 0) is 19.6 Å². The first-order valence-electron chi connectivity index (χ1n) is 11.8. The molecular formula is C30H29ClN2O3. The van der Waals surface area contributed by atoms with Gasteiger partial charge in [0.1, 0.15) is 13.2 Å².